The molecule has 0 amide bonds. The quantitative estimate of drug-likeness (QED) is 0.591. The van der Waals surface area contributed by atoms with Crippen LogP contribution in [0.5, 0.6) is 0 Å². The van der Waals surface area contributed by atoms with Crippen LogP contribution in [0.25, 0.3) is 0 Å². The van der Waals surface area contributed by atoms with E-state index >= 15 is 0 Å². The number of nitrogens with zero attached hydrogens (tertiary/aromatic N) is 2. The van der Waals surface area contributed by atoms with Crippen molar-refractivity contribution >= 4 is 0 Å². The van der Waals surface area contributed by atoms with Gasteiger partial charge in [-0.15, -0.1) is 0 Å². The van der Waals surface area contributed by atoms with Gasteiger partial charge >= 0.3 is 0 Å². The van der Waals surface area contributed by atoms with E-state index in [-0.39, 0.29) is 0 Å². The highest BCUT2D eigenvalue weighted by Crippen LogP contribution is 2.02. The van der Waals surface area contributed by atoms with Crippen LogP contribution in [0.2, 0.25) is 0 Å². The standard InChI is InChI=1S/C12H27N3O2/c1-16-11-12-17-10-9-15-5-2-4-14(6-3-13)7-8-15/h2-13H2,1H3. The SMILES string of the molecule is COCCOCCN1CCCN(CCN)CC1. The Morgan fingerprint density at radius 2 is 1.65 bits per heavy atom. The Hall–Kier alpha value is -0.200. The second-order valence-corrected chi connectivity index (χ2v) is 4.43. The first-order chi connectivity index (χ1) is 8.36. The second-order valence-electron chi connectivity index (χ2n) is 4.43. The summed E-state index contributed by atoms with van der Waals surface area (Å²) in [6.07, 6.45) is 1.23. The third-order valence-corrected chi connectivity index (χ3v) is 3.11. The van der Waals surface area contributed by atoms with E-state index in [2.05, 4.69) is 9.80 Å². The van der Waals surface area contributed by atoms with Gasteiger partial charge in [-0.2, -0.15) is 0 Å². The molecule has 1 aliphatic rings. The summed E-state index contributed by atoms with van der Waals surface area (Å²) in [7, 11) is 1.70. The molecule has 0 spiro atoms. The highest BCUT2D eigenvalue weighted by molar-refractivity contribution is 4.69. The van der Waals surface area contributed by atoms with Crippen LogP contribution in [0, 0.1) is 0 Å². The number of nitrogens with two attached hydrogens (primary N) is 1. The summed E-state index contributed by atoms with van der Waals surface area (Å²) in [5.41, 5.74) is 5.58. The fraction of sp³-hybridized carbons (Fsp3) is 1.00. The minimum absolute atomic E-state index is 0.685. The van der Waals surface area contributed by atoms with E-state index in [0.717, 1.165) is 39.3 Å². The molecule has 0 saturated carbocycles. The average Bonchev–Trinajstić information content (AvgIpc) is 2.55. The van der Waals surface area contributed by atoms with Crippen LogP contribution in [-0.4, -0.2) is 82.5 Å². The minimum atomic E-state index is 0.685. The number of hydrogen-bond donors (Lipinski definition) is 1. The third kappa shape index (κ3) is 6.95. The van der Waals surface area contributed by atoms with Crippen LogP contribution in [-0.2, 0) is 9.47 Å². The number of hydrogen-bond acceptors (Lipinski definition) is 5. The maximum atomic E-state index is 5.58. The lowest BCUT2D eigenvalue weighted by molar-refractivity contribution is 0.0577. The van der Waals surface area contributed by atoms with Crippen molar-refractivity contribution in [3.05, 3.63) is 0 Å². The van der Waals surface area contributed by atoms with Crippen LogP contribution >= 0.6 is 0 Å². The molecule has 0 unspecified atom stereocenters. The molecule has 0 bridgehead atoms. The van der Waals surface area contributed by atoms with E-state index in [9.17, 15) is 0 Å². The normalized spacial score (nSPS) is 19.4. The molecule has 0 aromatic heterocycles. The van der Waals surface area contributed by atoms with Gasteiger partial charge in [-0.3, -0.25) is 4.90 Å². The van der Waals surface area contributed by atoms with E-state index < -0.39 is 0 Å². The Bertz CT molecular complexity index is 181. The fourth-order valence-corrected chi connectivity index (χ4v) is 2.09. The number of rotatable bonds is 8. The Balaban J connectivity index is 2.05. The largest absolute Gasteiger partial charge is 0.382 e. The van der Waals surface area contributed by atoms with Crippen molar-refractivity contribution in [3.63, 3.8) is 0 Å². The molecule has 5 heteroatoms. The van der Waals surface area contributed by atoms with Crippen molar-refractivity contribution in [2.45, 2.75) is 6.42 Å². The molecule has 1 fully saturated rings. The lowest BCUT2D eigenvalue weighted by atomic mass is 10.4. The van der Waals surface area contributed by atoms with Crippen LogP contribution in [0.15, 0.2) is 0 Å². The summed E-state index contributed by atoms with van der Waals surface area (Å²) in [6.45, 7) is 9.63. The molecule has 2 N–H and O–H groups in total. The van der Waals surface area contributed by atoms with Gasteiger partial charge in [-0.05, 0) is 19.5 Å². The predicted molar refractivity (Wildman–Crippen MR) is 69.2 cm³/mol. The summed E-state index contributed by atoms with van der Waals surface area (Å²) in [6, 6.07) is 0. The minimum Gasteiger partial charge on any atom is -0.382 e. The Kier molecular flexibility index (Phi) is 8.56. The summed E-state index contributed by atoms with van der Waals surface area (Å²) in [5, 5.41) is 0. The Morgan fingerprint density at radius 1 is 0.941 bits per heavy atom. The van der Waals surface area contributed by atoms with Crippen LogP contribution in [0.1, 0.15) is 6.42 Å². The van der Waals surface area contributed by atoms with Crippen molar-refractivity contribution in [1.29, 1.82) is 0 Å². The van der Waals surface area contributed by atoms with Gasteiger partial charge in [-0.1, -0.05) is 0 Å². The number of methoxy groups -OCH3 is 1. The van der Waals surface area contributed by atoms with Crippen molar-refractivity contribution in [3.8, 4) is 0 Å². The lowest BCUT2D eigenvalue weighted by Gasteiger charge is -2.21. The summed E-state index contributed by atoms with van der Waals surface area (Å²) < 4.78 is 10.4. The molecular weight excluding hydrogens is 218 g/mol. The topological polar surface area (TPSA) is 51.0 Å². The average molecular weight is 245 g/mol. The maximum absolute atomic E-state index is 5.58. The zero-order valence-electron chi connectivity index (χ0n) is 11.1. The smallest absolute Gasteiger partial charge is 0.0700 e. The fourth-order valence-electron chi connectivity index (χ4n) is 2.09. The molecular formula is C12H27N3O2. The Labute approximate surface area is 105 Å². The van der Waals surface area contributed by atoms with Crippen molar-refractivity contribution < 1.29 is 9.47 Å². The predicted octanol–water partition coefficient (Wildman–Crippen LogP) is -0.384. The van der Waals surface area contributed by atoms with Crippen molar-refractivity contribution in [1.82, 2.24) is 9.80 Å². The molecule has 17 heavy (non-hydrogen) atoms. The highest BCUT2D eigenvalue weighted by atomic mass is 16.5. The molecule has 102 valence electrons. The van der Waals surface area contributed by atoms with E-state index in [1.165, 1.54) is 19.5 Å². The molecule has 5 nitrogen and oxygen atoms in total. The maximum Gasteiger partial charge on any atom is 0.0700 e. The summed E-state index contributed by atoms with van der Waals surface area (Å²) >= 11 is 0. The lowest BCUT2D eigenvalue weighted by Crippen LogP contribution is -2.35. The molecule has 0 aromatic rings. The zero-order valence-corrected chi connectivity index (χ0v) is 11.1. The first-order valence-electron chi connectivity index (χ1n) is 6.58. The molecule has 0 atom stereocenters. The molecule has 1 rings (SSSR count). The van der Waals surface area contributed by atoms with Gasteiger partial charge in [0.05, 0.1) is 19.8 Å². The molecule has 1 heterocycles. The van der Waals surface area contributed by atoms with Gasteiger partial charge in [0, 0.05) is 39.8 Å². The highest BCUT2D eigenvalue weighted by Gasteiger charge is 2.13. The zero-order chi connectivity index (χ0) is 12.3. The van der Waals surface area contributed by atoms with Gasteiger partial charge in [0.25, 0.3) is 0 Å². The van der Waals surface area contributed by atoms with E-state index in [4.69, 9.17) is 15.2 Å². The molecule has 1 saturated heterocycles. The third-order valence-electron chi connectivity index (χ3n) is 3.11. The van der Waals surface area contributed by atoms with Crippen molar-refractivity contribution in [2.75, 3.05) is 72.7 Å². The van der Waals surface area contributed by atoms with Crippen molar-refractivity contribution in [2.24, 2.45) is 5.73 Å². The van der Waals surface area contributed by atoms with Crippen LogP contribution in [0.4, 0.5) is 0 Å². The molecule has 1 aliphatic heterocycles. The molecule has 0 aliphatic carbocycles. The summed E-state index contributed by atoms with van der Waals surface area (Å²) in [4.78, 5) is 4.93. The van der Waals surface area contributed by atoms with Gasteiger partial charge in [0.15, 0.2) is 0 Å². The van der Waals surface area contributed by atoms with E-state index in [1.54, 1.807) is 7.11 Å². The van der Waals surface area contributed by atoms with E-state index in [1.807, 2.05) is 0 Å². The Morgan fingerprint density at radius 3 is 2.29 bits per heavy atom. The first-order valence-corrected chi connectivity index (χ1v) is 6.58. The van der Waals surface area contributed by atoms with Gasteiger partial charge < -0.3 is 20.1 Å². The van der Waals surface area contributed by atoms with Gasteiger partial charge in [-0.25, -0.2) is 0 Å². The second kappa shape index (κ2) is 9.79. The monoisotopic (exact) mass is 245 g/mol. The summed E-state index contributed by atoms with van der Waals surface area (Å²) in [5.74, 6) is 0. The van der Waals surface area contributed by atoms with Gasteiger partial charge in [0.2, 0.25) is 0 Å². The van der Waals surface area contributed by atoms with E-state index in [0.29, 0.717) is 13.2 Å². The number of ether oxygens (including phenoxy) is 2. The molecule has 0 radical (unpaired) electrons. The van der Waals surface area contributed by atoms with Crippen LogP contribution in [0.3, 0.4) is 0 Å². The van der Waals surface area contributed by atoms with Crippen LogP contribution < -0.4 is 5.73 Å². The van der Waals surface area contributed by atoms with Gasteiger partial charge in [0.1, 0.15) is 0 Å². The first kappa shape index (κ1) is 14.9. The molecule has 0 aromatic carbocycles.